The summed E-state index contributed by atoms with van der Waals surface area (Å²) in [4.78, 5) is 12.2. The zero-order chi connectivity index (χ0) is 16.9. The van der Waals surface area contributed by atoms with Gasteiger partial charge in [-0.05, 0) is 44.0 Å². The minimum Gasteiger partial charge on any atom is -0.383 e. The molecule has 0 fully saturated rings. The number of hydrogen-bond donors (Lipinski definition) is 1. The molecule has 1 aromatic carbocycles. The van der Waals surface area contributed by atoms with Gasteiger partial charge in [0.1, 0.15) is 6.04 Å². The minimum absolute atomic E-state index is 0.337. The molecule has 0 aromatic heterocycles. The van der Waals surface area contributed by atoms with Crippen LogP contribution < -0.4 is 9.62 Å². The zero-order valence-electron chi connectivity index (χ0n) is 13.7. The lowest BCUT2D eigenvalue weighted by atomic mass is 10.1. The fourth-order valence-corrected chi connectivity index (χ4v) is 3.47. The van der Waals surface area contributed by atoms with Gasteiger partial charge in [-0.1, -0.05) is 6.07 Å². The fourth-order valence-electron chi connectivity index (χ4n) is 2.31. The number of carbonyl (C=O) groups excluding carboxylic acids is 1. The van der Waals surface area contributed by atoms with Crippen LogP contribution in [-0.2, 0) is 19.6 Å². The Morgan fingerprint density at radius 2 is 1.82 bits per heavy atom. The quantitative estimate of drug-likeness (QED) is 0.764. The van der Waals surface area contributed by atoms with E-state index in [-0.39, 0.29) is 5.91 Å². The van der Waals surface area contributed by atoms with E-state index in [9.17, 15) is 13.2 Å². The van der Waals surface area contributed by atoms with Crippen LogP contribution in [0.1, 0.15) is 18.1 Å². The number of rotatable bonds is 7. The summed E-state index contributed by atoms with van der Waals surface area (Å²) < 4.78 is 30.3. The predicted octanol–water partition coefficient (Wildman–Crippen LogP) is 1.22. The summed E-state index contributed by atoms with van der Waals surface area (Å²) in [7, 11) is -2.05. The van der Waals surface area contributed by atoms with E-state index in [0.717, 1.165) is 21.7 Å². The summed E-state index contributed by atoms with van der Waals surface area (Å²) in [5, 5.41) is 2.66. The molecular weight excluding hydrogens is 304 g/mol. The van der Waals surface area contributed by atoms with Crippen molar-refractivity contribution < 1.29 is 17.9 Å². The topological polar surface area (TPSA) is 75.7 Å². The first-order chi connectivity index (χ1) is 10.2. The van der Waals surface area contributed by atoms with Crippen molar-refractivity contribution in [2.24, 2.45) is 0 Å². The lowest BCUT2D eigenvalue weighted by Crippen LogP contribution is -2.48. The van der Waals surface area contributed by atoms with Crippen molar-refractivity contribution >= 4 is 21.6 Å². The number of nitrogens with one attached hydrogen (secondary N) is 1. The number of amides is 1. The van der Waals surface area contributed by atoms with Gasteiger partial charge >= 0.3 is 0 Å². The Morgan fingerprint density at radius 1 is 1.27 bits per heavy atom. The second-order valence-corrected chi connectivity index (χ2v) is 7.22. The number of anilines is 1. The van der Waals surface area contributed by atoms with Gasteiger partial charge in [0.2, 0.25) is 15.9 Å². The van der Waals surface area contributed by atoms with E-state index < -0.39 is 16.1 Å². The van der Waals surface area contributed by atoms with E-state index in [1.165, 1.54) is 7.11 Å². The van der Waals surface area contributed by atoms with Gasteiger partial charge in [-0.2, -0.15) is 0 Å². The molecule has 0 radical (unpaired) electrons. The number of ether oxygens (including phenoxy) is 1. The molecule has 0 heterocycles. The molecule has 1 atom stereocenters. The van der Waals surface area contributed by atoms with Crippen LogP contribution in [0.15, 0.2) is 18.2 Å². The Kier molecular flexibility index (Phi) is 6.37. The number of sulfonamides is 1. The van der Waals surface area contributed by atoms with Crippen LogP contribution in [0.4, 0.5) is 5.69 Å². The number of carbonyl (C=O) groups is 1. The fraction of sp³-hybridized carbons (Fsp3) is 0.533. The summed E-state index contributed by atoms with van der Waals surface area (Å²) in [6.07, 6.45) is 1.10. The monoisotopic (exact) mass is 328 g/mol. The van der Waals surface area contributed by atoms with Crippen LogP contribution in [0.2, 0.25) is 0 Å². The molecule has 0 aliphatic rings. The van der Waals surface area contributed by atoms with Gasteiger partial charge in [0.05, 0.1) is 18.6 Å². The lowest BCUT2D eigenvalue weighted by molar-refractivity contribution is -0.122. The third-order valence-electron chi connectivity index (χ3n) is 3.15. The van der Waals surface area contributed by atoms with Crippen molar-refractivity contribution in [1.29, 1.82) is 0 Å². The smallest absolute Gasteiger partial charge is 0.243 e. The molecule has 1 aromatic rings. The van der Waals surface area contributed by atoms with E-state index in [0.29, 0.717) is 18.8 Å². The number of methoxy groups -OCH3 is 1. The SMILES string of the molecule is COCCNC(=O)C(C)N(c1cc(C)cc(C)c1)S(C)(=O)=O. The molecule has 124 valence electrons. The van der Waals surface area contributed by atoms with Gasteiger partial charge in [0, 0.05) is 13.7 Å². The normalized spacial score (nSPS) is 12.8. The van der Waals surface area contributed by atoms with Crippen molar-refractivity contribution in [2.45, 2.75) is 26.8 Å². The van der Waals surface area contributed by atoms with Crippen LogP contribution in [-0.4, -0.2) is 46.9 Å². The highest BCUT2D eigenvalue weighted by Gasteiger charge is 2.29. The van der Waals surface area contributed by atoms with Gasteiger partial charge in [-0.3, -0.25) is 9.10 Å². The number of nitrogens with zero attached hydrogens (tertiary/aromatic N) is 1. The van der Waals surface area contributed by atoms with Crippen molar-refractivity contribution in [3.63, 3.8) is 0 Å². The van der Waals surface area contributed by atoms with Crippen molar-refractivity contribution in [3.8, 4) is 0 Å². The first-order valence-corrected chi connectivity index (χ1v) is 8.86. The summed E-state index contributed by atoms with van der Waals surface area (Å²) in [6, 6.07) is 4.63. The molecular formula is C15H24N2O4S. The Balaban J connectivity index is 3.11. The Labute approximate surface area is 132 Å². The molecule has 1 amide bonds. The van der Waals surface area contributed by atoms with Crippen molar-refractivity contribution in [1.82, 2.24) is 5.32 Å². The molecule has 0 bridgehead atoms. The summed E-state index contributed by atoms with van der Waals surface area (Å²) in [6.45, 7) is 6.06. The van der Waals surface area contributed by atoms with Crippen LogP contribution in [0.5, 0.6) is 0 Å². The molecule has 1 rings (SSSR count). The summed E-state index contributed by atoms with van der Waals surface area (Å²) >= 11 is 0. The largest absolute Gasteiger partial charge is 0.383 e. The predicted molar refractivity (Wildman–Crippen MR) is 87.6 cm³/mol. The second kappa shape index (κ2) is 7.60. The summed E-state index contributed by atoms with van der Waals surface area (Å²) in [5.74, 6) is -0.360. The van der Waals surface area contributed by atoms with E-state index >= 15 is 0 Å². The second-order valence-electron chi connectivity index (χ2n) is 5.36. The van der Waals surface area contributed by atoms with Crippen LogP contribution in [0.25, 0.3) is 0 Å². The van der Waals surface area contributed by atoms with Crippen molar-refractivity contribution in [2.75, 3.05) is 30.8 Å². The van der Waals surface area contributed by atoms with E-state index in [1.807, 2.05) is 19.9 Å². The number of aryl methyl sites for hydroxylation is 2. The number of benzene rings is 1. The molecule has 1 unspecified atom stereocenters. The standard InChI is InChI=1S/C15H24N2O4S/c1-11-8-12(2)10-14(9-11)17(22(5,19)20)13(3)15(18)16-6-7-21-4/h8-10,13H,6-7H2,1-5H3,(H,16,18). The Morgan fingerprint density at radius 3 is 2.27 bits per heavy atom. The van der Waals surface area contributed by atoms with Gasteiger partial charge in [0.15, 0.2) is 0 Å². The van der Waals surface area contributed by atoms with E-state index in [2.05, 4.69) is 5.32 Å². The molecule has 22 heavy (non-hydrogen) atoms. The molecule has 7 heteroatoms. The van der Waals surface area contributed by atoms with Crippen LogP contribution in [0, 0.1) is 13.8 Å². The first kappa shape index (κ1) is 18.4. The van der Waals surface area contributed by atoms with Crippen LogP contribution in [0.3, 0.4) is 0 Å². The van der Waals surface area contributed by atoms with Gasteiger partial charge in [0.25, 0.3) is 0 Å². The first-order valence-electron chi connectivity index (χ1n) is 7.01. The van der Waals surface area contributed by atoms with E-state index in [4.69, 9.17) is 4.74 Å². The minimum atomic E-state index is -3.59. The zero-order valence-corrected chi connectivity index (χ0v) is 14.5. The maximum absolute atomic E-state index is 12.2. The van der Waals surface area contributed by atoms with Gasteiger partial charge in [-0.25, -0.2) is 8.42 Å². The molecule has 0 saturated heterocycles. The highest BCUT2D eigenvalue weighted by molar-refractivity contribution is 7.92. The Hall–Kier alpha value is -1.60. The van der Waals surface area contributed by atoms with Gasteiger partial charge in [-0.15, -0.1) is 0 Å². The summed E-state index contributed by atoms with van der Waals surface area (Å²) in [5.41, 5.74) is 2.38. The third kappa shape index (κ3) is 4.99. The molecule has 6 nitrogen and oxygen atoms in total. The maximum Gasteiger partial charge on any atom is 0.243 e. The van der Waals surface area contributed by atoms with Crippen LogP contribution >= 0.6 is 0 Å². The van der Waals surface area contributed by atoms with Crippen molar-refractivity contribution in [3.05, 3.63) is 29.3 Å². The highest BCUT2D eigenvalue weighted by Crippen LogP contribution is 2.23. The maximum atomic E-state index is 12.2. The van der Waals surface area contributed by atoms with Gasteiger partial charge < -0.3 is 10.1 Å². The number of hydrogen-bond acceptors (Lipinski definition) is 4. The molecule has 1 N–H and O–H groups in total. The Bertz CT molecular complexity index is 608. The highest BCUT2D eigenvalue weighted by atomic mass is 32.2. The average molecular weight is 328 g/mol. The average Bonchev–Trinajstić information content (AvgIpc) is 2.36. The molecule has 0 aliphatic carbocycles. The third-order valence-corrected chi connectivity index (χ3v) is 4.40. The molecule has 0 aliphatic heterocycles. The molecule has 0 spiro atoms. The van der Waals surface area contributed by atoms with E-state index in [1.54, 1.807) is 19.1 Å². The lowest BCUT2D eigenvalue weighted by Gasteiger charge is -2.28. The molecule has 0 saturated carbocycles.